The monoisotopic (exact) mass is 351 g/mol. The Morgan fingerprint density at radius 3 is 2.48 bits per heavy atom. The summed E-state index contributed by atoms with van der Waals surface area (Å²) >= 11 is 1.69. The molecule has 2 aromatic carbocycles. The molecule has 2 aromatic rings. The van der Waals surface area contributed by atoms with E-state index in [0.717, 1.165) is 30.5 Å². The Labute approximate surface area is 155 Å². The van der Waals surface area contributed by atoms with E-state index in [4.69, 9.17) is 0 Å². The zero-order valence-electron chi connectivity index (χ0n) is 14.7. The van der Waals surface area contributed by atoms with E-state index in [-0.39, 0.29) is 5.91 Å². The van der Waals surface area contributed by atoms with Crippen LogP contribution in [0.5, 0.6) is 0 Å². The van der Waals surface area contributed by atoms with Crippen LogP contribution in [0.3, 0.4) is 0 Å². The van der Waals surface area contributed by atoms with Crippen LogP contribution in [0.25, 0.3) is 0 Å². The normalized spacial score (nSPS) is 11.2. The standard InChI is InChI=1S/C22H25NOS/c1-3-4-5-7-10-19(17-25-21-15-13-18(2)14-16-21)22(24)23-20-11-8-6-9-12-20/h3,6,8-16H,1,4-5,7,17H2,2H3,(H,23,24)/b19-10-. The molecule has 0 radical (unpaired) electrons. The van der Waals surface area contributed by atoms with Gasteiger partial charge in [0.25, 0.3) is 5.91 Å². The lowest BCUT2D eigenvalue weighted by Gasteiger charge is -2.10. The van der Waals surface area contributed by atoms with Gasteiger partial charge in [0.05, 0.1) is 0 Å². The van der Waals surface area contributed by atoms with E-state index in [2.05, 4.69) is 49.2 Å². The fourth-order valence-electron chi connectivity index (χ4n) is 2.28. The third kappa shape index (κ3) is 7.02. The van der Waals surface area contributed by atoms with Crippen LogP contribution in [0.2, 0.25) is 0 Å². The van der Waals surface area contributed by atoms with E-state index in [1.54, 1.807) is 11.8 Å². The number of rotatable bonds is 9. The zero-order chi connectivity index (χ0) is 17.9. The van der Waals surface area contributed by atoms with Crippen molar-refractivity contribution in [3.05, 3.63) is 84.5 Å². The van der Waals surface area contributed by atoms with E-state index < -0.39 is 0 Å². The summed E-state index contributed by atoms with van der Waals surface area (Å²) in [4.78, 5) is 13.8. The van der Waals surface area contributed by atoms with E-state index in [9.17, 15) is 4.79 Å². The minimum Gasteiger partial charge on any atom is -0.322 e. The van der Waals surface area contributed by atoms with Gasteiger partial charge < -0.3 is 5.32 Å². The summed E-state index contributed by atoms with van der Waals surface area (Å²) in [5.41, 5.74) is 2.88. The summed E-state index contributed by atoms with van der Waals surface area (Å²) in [5, 5.41) is 2.99. The second kappa shape index (κ2) is 10.6. The van der Waals surface area contributed by atoms with Crippen molar-refractivity contribution in [1.29, 1.82) is 0 Å². The Kier molecular flexibility index (Phi) is 8.06. The first-order chi connectivity index (χ1) is 12.2. The third-order valence-electron chi connectivity index (χ3n) is 3.74. The fourth-order valence-corrected chi connectivity index (χ4v) is 3.18. The van der Waals surface area contributed by atoms with Crippen LogP contribution >= 0.6 is 11.8 Å². The number of unbranched alkanes of at least 4 members (excludes halogenated alkanes) is 2. The van der Waals surface area contributed by atoms with Crippen molar-refractivity contribution in [1.82, 2.24) is 0 Å². The number of carbonyl (C=O) groups is 1. The number of nitrogens with one attached hydrogen (secondary N) is 1. The lowest BCUT2D eigenvalue weighted by Crippen LogP contribution is -2.16. The SMILES string of the molecule is C=CCCC/C=C(/CSc1ccc(C)cc1)C(=O)Nc1ccccc1. The van der Waals surface area contributed by atoms with Gasteiger partial charge in [0.2, 0.25) is 0 Å². The van der Waals surface area contributed by atoms with Gasteiger partial charge >= 0.3 is 0 Å². The summed E-state index contributed by atoms with van der Waals surface area (Å²) in [6.07, 6.45) is 6.84. The number of benzene rings is 2. The first-order valence-corrected chi connectivity index (χ1v) is 9.53. The number of allylic oxidation sites excluding steroid dienone is 2. The van der Waals surface area contributed by atoms with Crippen LogP contribution in [0.15, 0.2) is 83.8 Å². The summed E-state index contributed by atoms with van der Waals surface area (Å²) in [6, 6.07) is 18.0. The van der Waals surface area contributed by atoms with E-state index in [1.807, 2.05) is 36.4 Å². The Morgan fingerprint density at radius 2 is 1.80 bits per heavy atom. The van der Waals surface area contributed by atoms with Gasteiger partial charge in [0.1, 0.15) is 0 Å². The highest BCUT2D eigenvalue weighted by molar-refractivity contribution is 7.99. The summed E-state index contributed by atoms with van der Waals surface area (Å²) in [6.45, 7) is 5.82. The molecule has 0 unspecified atom stereocenters. The summed E-state index contributed by atoms with van der Waals surface area (Å²) < 4.78 is 0. The molecule has 0 aromatic heterocycles. The number of carbonyl (C=O) groups excluding carboxylic acids is 1. The van der Waals surface area contributed by atoms with Gasteiger partial charge in [0, 0.05) is 21.9 Å². The van der Waals surface area contributed by atoms with E-state index in [0.29, 0.717) is 5.75 Å². The number of thioether (sulfide) groups is 1. The summed E-state index contributed by atoms with van der Waals surface area (Å²) in [5.74, 6) is 0.639. The van der Waals surface area contributed by atoms with Gasteiger partial charge in [-0.2, -0.15) is 0 Å². The Morgan fingerprint density at radius 1 is 1.08 bits per heavy atom. The average Bonchev–Trinajstić information content (AvgIpc) is 2.63. The molecule has 0 fully saturated rings. The average molecular weight is 352 g/mol. The Hall–Kier alpha value is -2.26. The van der Waals surface area contributed by atoms with Crippen LogP contribution in [-0.4, -0.2) is 11.7 Å². The molecule has 3 heteroatoms. The molecule has 0 aliphatic rings. The van der Waals surface area contributed by atoms with Gasteiger partial charge in [-0.15, -0.1) is 18.3 Å². The molecule has 0 bridgehead atoms. The molecule has 130 valence electrons. The molecule has 2 rings (SSSR count). The molecule has 0 atom stereocenters. The van der Waals surface area contributed by atoms with Crippen LogP contribution in [0, 0.1) is 6.92 Å². The maximum atomic E-state index is 12.6. The second-order valence-corrected chi connectivity index (χ2v) is 6.92. The van der Waals surface area contributed by atoms with E-state index >= 15 is 0 Å². The zero-order valence-corrected chi connectivity index (χ0v) is 15.5. The van der Waals surface area contributed by atoms with Crippen LogP contribution in [0.1, 0.15) is 24.8 Å². The number of aryl methyl sites for hydroxylation is 1. The molecule has 0 heterocycles. The predicted molar refractivity (Wildman–Crippen MR) is 109 cm³/mol. The predicted octanol–water partition coefficient (Wildman–Crippen LogP) is 6.01. The van der Waals surface area contributed by atoms with Gasteiger partial charge in [-0.25, -0.2) is 0 Å². The van der Waals surface area contributed by atoms with Crippen molar-refractivity contribution < 1.29 is 4.79 Å². The molecule has 1 amide bonds. The highest BCUT2D eigenvalue weighted by atomic mass is 32.2. The van der Waals surface area contributed by atoms with Gasteiger partial charge in [-0.05, 0) is 50.5 Å². The van der Waals surface area contributed by atoms with Crippen LogP contribution < -0.4 is 5.32 Å². The number of hydrogen-bond donors (Lipinski definition) is 1. The highest BCUT2D eigenvalue weighted by Gasteiger charge is 2.10. The first kappa shape index (κ1) is 19.1. The molecule has 2 nitrogen and oxygen atoms in total. The molecule has 25 heavy (non-hydrogen) atoms. The maximum absolute atomic E-state index is 12.6. The topological polar surface area (TPSA) is 29.1 Å². The summed E-state index contributed by atoms with van der Waals surface area (Å²) in [7, 11) is 0. The number of hydrogen-bond acceptors (Lipinski definition) is 2. The lowest BCUT2D eigenvalue weighted by atomic mass is 10.1. The third-order valence-corrected chi connectivity index (χ3v) is 4.80. The maximum Gasteiger partial charge on any atom is 0.252 e. The molecule has 0 saturated heterocycles. The van der Waals surface area contributed by atoms with Crippen molar-refractivity contribution in [3.8, 4) is 0 Å². The van der Waals surface area contributed by atoms with Crippen molar-refractivity contribution in [2.75, 3.05) is 11.1 Å². The molecule has 0 aliphatic heterocycles. The molecular formula is C22H25NOS. The number of para-hydroxylation sites is 1. The van der Waals surface area contributed by atoms with Crippen molar-refractivity contribution in [2.24, 2.45) is 0 Å². The smallest absolute Gasteiger partial charge is 0.252 e. The van der Waals surface area contributed by atoms with Crippen LogP contribution in [0.4, 0.5) is 5.69 Å². The van der Waals surface area contributed by atoms with Gasteiger partial charge in [-0.3, -0.25) is 4.79 Å². The molecule has 0 aliphatic carbocycles. The number of anilines is 1. The van der Waals surface area contributed by atoms with Gasteiger partial charge in [0.15, 0.2) is 0 Å². The second-order valence-electron chi connectivity index (χ2n) is 5.87. The Bertz CT molecular complexity index is 705. The van der Waals surface area contributed by atoms with Crippen molar-refractivity contribution in [3.63, 3.8) is 0 Å². The minimum absolute atomic E-state index is 0.0237. The Balaban J connectivity index is 2.01. The molecule has 0 spiro atoms. The quantitative estimate of drug-likeness (QED) is 0.259. The highest BCUT2D eigenvalue weighted by Crippen LogP contribution is 2.22. The fraction of sp³-hybridized carbons (Fsp3) is 0.227. The largest absolute Gasteiger partial charge is 0.322 e. The first-order valence-electron chi connectivity index (χ1n) is 8.55. The molecular weight excluding hydrogens is 326 g/mol. The lowest BCUT2D eigenvalue weighted by molar-refractivity contribution is -0.112. The molecule has 1 N–H and O–H groups in total. The molecule has 0 saturated carbocycles. The van der Waals surface area contributed by atoms with Gasteiger partial charge in [-0.1, -0.05) is 48.0 Å². The van der Waals surface area contributed by atoms with Crippen molar-refractivity contribution in [2.45, 2.75) is 31.1 Å². The van der Waals surface area contributed by atoms with Crippen LogP contribution in [-0.2, 0) is 4.79 Å². The number of amides is 1. The minimum atomic E-state index is -0.0237. The van der Waals surface area contributed by atoms with E-state index in [1.165, 1.54) is 10.5 Å². The van der Waals surface area contributed by atoms with Crippen molar-refractivity contribution >= 4 is 23.4 Å².